The fourth-order valence-electron chi connectivity index (χ4n) is 4.41. The molecule has 0 unspecified atom stereocenters. The molecule has 8 heteroatoms. The van der Waals surface area contributed by atoms with Crippen LogP contribution in [0.25, 0.3) is 0 Å². The first kappa shape index (κ1) is 22.3. The molecule has 30 heavy (non-hydrogen) atoms. The van der Waals surface area contributed by atoms with Crippen molar-refractivity contribution in [1.29, 1.82) is 0 Å². The first-order valence-electron chi connectivity index (χ1n) is 10.2. The zero-order valence-electron chi connectivity index (χ0n) is 17.0. The molecule has 0 bridgehead atoms. The van der Waals surface area contributed by atoms with Crippen molar-refractivity contribution in [1.82, 2.24) is 14.7 Å². The molecular weight excluding hydrogens is 404 g/mol. The highest BCUT2D eigenvalue weighted by Crippen LogP contribution is 2.31. The number of hydrogen-bond acceptors (Lipinski definition) is 5. The molecule has 0 saturated carbocycles. The summed E-state index contributed by atoms with van der Waals surface area (Å²) in [6, 6.07) is 13.8. The highest BCUT2D eigenvalue weighted by atomic mass is 35.5. The van der Waals surface area contributed by atoms with Gasteiger partial charge in [-0.25, -0.2) is 0 Å². The van der Waals surface area contributed by atoms with Gasteiger partial charge in [0.2, 0.25) is 5.91 Å². The second-order valence-corrected chi connectivity index (χ2v) is 7.86. The standard InChI is InChI=1S/C22H28N4O3.ClH/c23-13-18-14-24(15-19(18)17-5-2-1-3-6-17)16-21(27)25-8-10-26(11-9-25)22(28)20-7-4-12-29-20;/h1-7,12,18-19H,8-11,13-16,23H2;1H/t18-,19+;/m1./s1. The lowest BCUT2D eigenvalue weighted by Crippen LogP contribution is -2.52. The molecule has 2 N–H and O–H groups in total. The topological polar surface area (TPSA) is 83.0 Å². The molecule has 162 valence electrons. The maximum absolute atomic E-state index is 12.8. The smallest absolute Gasteiger partial charge is 0.289 e. The van der Waals surface area contributed by atoms with E-state index in [2.05, 4.69) is 29.2 Å². The molecule has 7 nitrogen and oxygen atoms in total. The van der Waals surface area contributed by atoms with Crippen molar-refractivity contribution in [3.63, 3.8) is 0 Å². The van der Waals surface area contributed by atoms with Gasteiger partial charge in [-0.1, -0.05) is 30.3 Å². The predicted octanol–water partition coefficient (Wildman–Crippen LogP) is 1.66. The number of nitrogens with zero attached hydrogens (tertiary/aromatic N) is 3. The van der Waals surface area contributed by atoms with E-state index in [-0.39, 0.29) is 24.2 Å². The number of carbonyl (C=O) groups is 2. The molecule has 2 aliphatic heterocycles. The lowest BCUT2D eigenvalue weighted by atomic mass is 9.89. The van der Waals surface area contributed by atoms with E-state index in [1.54, 1.807) is 17.0 Å². The molecule has 1 aromatic heterocycles. The molecule has 2 aliphatic rings. The minimum absolute atomic E-state index is 0. The molecule has 0 spiro atoms. The molecule has 0 radical (unpaired) electrons. The largest absolute Gasteiger partial charge is 0.459 e. The van der Waals surface area contributed by atoms with Gasteiger partial charge in [0.1, 0.15) is 0 Å². The molecule has 2 aromatic rings. The van der Waals surface area contributed by atoms with Crippen LogP contribution < -0.4 is 5.73 Å². The van der Waals surface area contributed by atoms with Crippen LogP contribution in [0.1, 0.15) is 22.0 Å². The van der Waals surface area contributed by atoms with Crippen molar-refractivity contribution in [2.45, 2.75) is 5.92 Å². The third-order valence-electron chi connectivity index (χ3n) is 6.06. The van der Waals surface area contributed by atoms with E-state index in [9.17, 15) is 9.59 Å². The van der Waals surface area contributed by atoms with Crippen LogP contribution in [0.15, 0.2) is 53.1 Å². The third-order valence-corrected chi connectivity index (χ3v) is 6.06. The second-order valence-electron chi connectivity index (χ2n) is 7.86. The fourth-order valence-corrected chi connectivity index (χ4v) is 4.41. The number of benzene rings is 1. The Hall–Kier alpha value is -2.35. The number of piperazine rings is 1. The number of nitrogens with two attached hydrogens (primary N) is 1. The van der Waals surface area contributed by atoms with Crippen LogP contribution in [0.3, 0.4) is 0 Å². The predicted molar refractivity (Wildman–Crippen MR) is 117 cm³/mol. The zero-order valence-corrected chi connectivity index (χ0v) is 17.8. The summed E-state index contributed by atoms with van der Waals surface area (Å²) in [6.45, 7) is 4.91. The number of furan rings is 1. The van der Waals surface area contributed by atoms with Crippen molar-refractivity contribution in [2.24, 2.45) is 11.7 Å². The van der Waals surface area contributed by atoms with Gasteiger partial charge in [0.05, 0.1) is 12.8 Å². The highest BCUT2D eigenvalue weighted by molar-refractivity contribution is 5.91. The van der Waals surface area contributed by atoms with Crippen LogP contribution in [0, 0.1) is 5.92 Å². The van der Waals surface area contributed by atoms with E-state index in [1.165, 1.54) is 11.8 Å². The summed E-state index contributed by atoms with van der Waals surface area (Å²) >= 11 is 0. The summed E-state index contributed by atoms with van der Waals surface area (Å²) in [6.07, 6.45) is 1.50. The van der Waals surface area contributed by atoms with Gasteiger partial charge in [0.25, 0.3) is 5.91 Å². The normalized spacial score (nSPS) is 22.0. The monoisotopic (exact) mass is 432 g/mol. The van der Waals surface area contributed by atoms with Gasteiger partial charge in [-0.05, 0) is 30.2 Å². The molecule has 2 amide bonds. The van der Waals surface area contributed by atoms with Gasteiger partial charge < -0.3 is 20.0 Å². The number of hydrogen-bond donors (Lipinski definition) is 1. The quantitative estimate of drug-likeness (QED) is 0.776. The molecule has 2 atom stereocenters. The lowest BCUT2D eigenvalue weighted by Gasteiger charge is -2.35. The average molecular weight is 433 g/mol. The van der Waals surface area contributed by atoms with Crippen LogP contribution in [0.4, 0.5) is 0 Å². The van der Waals surface area contributed by atoms with E-state index in [4.69, 9.17) is 10.2 Å². The summed E-state index contributed by atoms with van der Waals surface area (Å²) in [5, 5.41) is 0. The lowest BCUT2D eigenvalue weighted by molar-refractivity contribution is -0.133. The van der Waals surface area contributed by atoms with Gasteiger partial charge in [-0.15, -0.1) is 12.4 Å². The molecule has 2 fully saturated rings. The van der Waals surface area contributed by atoms with Gasteiger partial charge >= 0.3 is 0 Å². The molecule has 2 saturated heterocycles. The highest BCUT2D eigenvalue weighted by Gasteiger charge is 2.35. The third kappa shape index (κ3) is 4.86. The Morgan fingerprint density at radius 2 is 1.67 bits per heavy atom. The Balaban J connectivity index is 0.00000256. The summed E-state index contributed by atoms with van der Waals surface area (Å²) in [7, 11) is 0. The number of carbonyl (C=O) groups excluding carboxylic acids is 2. The molecule has 3 heterocycles. The summed E-state index contributed by atoms with van der Waals surface area (Å²) in [5.41, 5.74) is 7.31. The van der Waals surface area contributed by atoms with Crippen molar-refractivity contribution < 1.29 is 14.0 Å². The summed E-state index contributed by atoms with van der Waals surface area (Å²) in [4.78, 5) is 31.0. The van der Waals surface area contributed by atoms with Crippen molar-refractivity contribution in [3.8, 4) is 0 Å². The Morgan fingerprint density at radius 3 is 2.30 bits per heavy atom. The van der Waals surface area contributed by atoms with Crippen LogP contribution in [-0.2, 0) is 4.79 Å². The van der Waals surface area contributed by atoms with E-state index in [0.29, 0.717) is 56.9 Å². The maximum atomic E-state index is 12.8. The van der Waals surface area contributed by atoms with E-state index in [0.717, 1.165) is 13.1 Å². The van der Waals surface area contributed by atoms with E-state index in [1.807, 2.05) is 11.0 Å². The number of rotatable bonds is 5. The van der Waals surface area contributed by atoms with Crippen molar-refractivity contribution in [3.05, 3.63) is 60.1 Å². The first-order chi connectivity index (χ1) is 14.2. The molecular formula is C22H29ClN4O3. The Bertz CT molecular complexity index is 822. The van der Waals surface area contributed by atoms with Crippen molar-refractivity contribution in [2.75, 3.05) is 52.4 Å². The Kier molecular flexibility index (Phi) is 7.53. The molecule has 0 aliphatic carbocycles. The van der Waals surface area contributed by atoms with E-state index < -0.39 is 0 Å². The SMILES string of the molecule is Cl.NC[C@@H]1CN(CC(=O)N2CCN(C(=O)c3ccco3)CC2)C[C@H]1c1ccccc1. The number of likely N-dealkylation sites (tertiary alicyclic amines) is 1. The zero-order chi connectivity index (χ0) is 20.2. The maximum Gasteiger partial charge on any atom is 0.289 e. The number of amides is 2. The minimum Gasteiger partial charge on any atom is -0.459 e. The number of halogens is 1. The Labute approximate surface area is 183 Å². The van der Waals surface area contributed by atoms with Gasteiger partial charge in [-0.2, -0.15) is 0 Å². The van der Waals surface area contributed by atoms with Crippen LogP contribution in [0.5, 0.6) is 0 Å². The van der Waals surface area contributed by atoms with Gasteiger partial charge in [0, 0.05) is 45.2 Å². The Morgan fingerprint density at radius 1 is 0.967 bits per heavy atom. The molecule has 4 rings (SSSR count). The van der Waals surface area contributed by atoms with E-state index >= 15 is 0 Å². The van der Waals surface area contributed by atoms with Crippen LogP contribution in [-0.4, -0.2) is 78.9 Å². The fraction of sp³-hybridized carbons (Fsp3) is 0.455. The van der Waals surface area contributed by atoms with Crippen LogP contribution in [0.2, 0.25) is 0 Å². The van der Waals surface area contributed by atoms with Crippen molar-refractivity contribution >= 4 is 24.2 Å². The van der Waals surface area contributed by atoms with Gasteiger partial charge in [-0.3, -0.25) is 14.5 Å². The van der Waals surface area contributed by atoms with Gasteiger partial charge in [0.15, 0.2) is 5.76 Å². The molecule has 1 aromatic carbocycles. The second kappa shape index (κ2) is 10.1. The summed E-state index contributed by atoms with van der Waals surface area (Å²) in [5.74, 6) is 1.10. The summed E-state index contributed by atoms with van der Waals surface area (Å²) < 4.78 is 5.19. The van der Waals surface area contributed by atoms with Crippen LogP contribution >= 0.6 is 12.4 Å². The average Bonchev–Trinajstić information content (AvgIpc) is 3.44. The minimum atomic E-state index is -0.113. The first-order valence-corrected chi connectivity index (χ1v) is 10.2.